The van der Waals surface area contributed by atoms with Gasteiger partial charge in [0.05, 0.1) is 10.9 Å². The van der Waals surface area contributed by atoms with E-state index in [1.165, 1.54) is 11.8 Å². The maximum atomic E-state index is 13.9. The summed E-state index contributed by atoms with van der Waals surface area (Å²) >= 11 is 0. The summed E-state index contributed by atoms with van der Waals surface area (Å²) < 4.78 is 6.61. The van der Waals surface area contributed by atoms with Crippen LogP contribution in [0.4, 0.5) is 4.79 Å². The minimum Gasteiger partial charge on any atom is -0.459 e. The summed E-state index contributed by atoms with van der Waals surface area (Å²) in [6, 6.07) is 13.6. The van der Waals surface area contributed by atoms with Crippen molar-refractivity contribution in [3.8, 4) is 0 Å². The molecule has 1 atom stereocenters. The van der Waals surface area contributed by atoms with Gasteiger partial charge < -0.3 is 15.0 Å². The van der Waals surface area contributed by atoms with Crippen LogP contribution < -0.4 is 16.2 Å². The van der Waals surface area contributed by atoms with E-state index >= 15 is 0 Å². The molecule has 1 saturated heterocycles. The molecule has 2 aromatic carbocycles. The molecule has 198 valence electrons. The molecule has 4 amide bonds. The number of ether oxygens (including phenoxy) is 1. The molecule has 1 unspecified atom stereocenters. The van der Waals surface area contributed by atoms with Gasteiger partial charge in [0.2, 0.25) is 11.4 Å². The molecular formula is C27H29N5O6. The number of carbonyl (C=O) groups excluding carboxylic acids is 4. The molecular weight excluding hydrogens is 490 g/mol. The SMILES string of the molecule is Cc1nc2ccc(CNC(=O)N(C)C)cc2c(=O)n1C1(C(=O)OCc2ccccc2)CCCC(=O)NC1=O. The quantitative estimate of drug-likeness (QED) is 0.287. The predicted octanol–water partition coefficient (Wildman–Crippen LogP) is 1.74. The van der Waals surface area contributed by atoms with Gasteiger partial charge in [-0.25, -0.2) is 14.6 Å². The fourth-order valence-electron chi connectivity index (χ4n) is 4.49. The van der Waals surface area contributed by atoms with Crippen molar-refractivity contribution in [2.75, 3.05) is 14.1 Å². The fraction of sp³-hybridized carbons (Fsp3) is 0.333. The van der Waals surface area contributed by atoms with Gasteiger partial charge >= 0.3 is 12.0 Å². The Morgan fingerprint density at radius 1 is 1.11 bits per heavy atom. The predicted molar refractivity (Wildman–Crippen MR) is 138 cm³/mol. The number of benzene rings is 2. The molecule has 0 radical (unpaired) electrons. The van der Waals surface area contributed by atoms with Crippen LogP contribution in [-0.2, 0) is 37.8 Å². The lowest BCUT2D eigenvalue weighted by atomic mass is 9.91. The summed E-state index contributed by atoms with van der Waals surface area (Å²) in [5.41, 5.74) is -1.06. The third-order valence-electron chi connectivity index (χ3n) is 6.45. The maximum absolute atomic E-state index is 13.9. The van der Waals surface area contributed by atoms with Crippen LogP contribution in [0, 0.1) is 6.92 Å². The van der Waals surface area contributed by atoms with E-state index in [4.69, 9.17) is 4.74 Å². The Bertz CT molecular complexity index is 1470. The van der Waals surface area contributed by atoms with Gasteiger partial charge in [0.25, 0.3) is 11.5 Å². The molecule has 0 bridgehead atoms. The number of hydrogen-bond donors (Lipinski definition) is 2. The number of urea groups is 1. The number of nitrogens with one attached hydrogen (secondary N) is 2. The van der Waals surface area contributed by atoms with E-state index in [0.29, 0.717) is 16.6 Å². The summed E-state index contributed by atoms with van der Waals surface area (Å²) in [6.45, 7) is 1.56. The smallest absolute Gasteiger partial charge is 0.342 e. The maximum Gasteiger partial charge on any atom is 0.342 e. The zero-order chi connectivity index (χ0) is 27.4. The molecule has 0 spiro atoms. The minimum atomic E-state index is -2.13. The molecule has 4 rings (SSSR count). The Morgan fingerprint density at radius 2 is 1.84 bits per heavy atom. The lowest BCUT2D eigenvalue weighted by Crippen LogP contribution is -2.58. The summed E-state index contributed by atoms with van der Waals surface area (Å²) in [5.74, 6) is -2.29. The molecule has 0 aliphatic carbocycles. The molecule has 2 N–H and O–H groups in total. The second-order valence-electron chi connectivity index (χ2n) is 9.36. The second kappa shape index (κ2) is 10.8. The number of rotatable bonds is 6. The van der Waals surface area contributed by atoms with E-state index in [0.717, 1.165) is 4.57 Å². The number of aryl methyl sites for hydroxylation is 1. The van der Waals surface area contributed by atoms with E-state index in [9.17, 15) is 24.0 Å². The van der Waals surface area contributed by atoms with Crippen molar-refractivity contribution in [3.63, 3.8) is 0 Å². The number of imide groups is 1. The molecule has 11 heteroatoms. The third-order valence-corrected chi connectivity index (χ3v) is 6.45. The van der Waals surface area contributed by atoms with Crippen molar-refractivity contribution < 1.29 is 23.9 Å². The first-order valence-corrected chi connectivity index (χ1v) is 12.2. The zero-order valence-corrected chi connectivity index (χ0v) is 21.4. The third kappa shape index (κ3) is 5.13. The molecule has 2 heterocycles. The van der Waals surface area contributed by atoms with E-state index in [1.807, 2.05) is 6.07 Å². The standard InChI is InChI=1S/C27H29N5O6/c1-17-29-21-12-11-19(15-28-26(37)31(2)3)14-20(21)23(34)32(17)27(13-7-10-22(33)30-24(27)35)25(36)38-16-18-8-5-4-6-9-18/h4-6,8-9,11-12,14H,7,10,13,15-16H2,1-3H3,(H,28,37)(H,30,33,35). The summed E-state index contributed by atoms with van der Waals surface area (Å²) in [4.78, 5) is 71.1. The first-order chi connectivity index (χ1) is 18.1. The van der Waals surface area contributed by atoms with Gasteiger partial charge in [0.15, 0.2) is 0 Å². The highest BCUT2D eigenvalue weighted by Crippen LogP contribution is 2.30. The Morgan fingerprint density at radius 3 is 2.55 bits per heavy atom. The zero-order valence-electron chi connectivity index (χ0n) is 21.4. The minimum absolute atomic E-state index is 0.0178. The van der Waals surface area contributed by atoms with Gasteiger partial charge in [-0.1, -0.05) is 36.4 Å². The number of carbonyl (C=O) groups is 4. The number of nitrogens with zero attached hydrogens (tertiary/aromatic N) is 3. The van der Waals surface area contributed by atoms with Crippen molar-refractivity contribution in [2.24, 2.45) is 0 Å². The van der Waals surface area contributed by atoms with Crippen LogP contribution in [0.2, 0.25) is 0 Å². The Kier molecular flexibility index (Phi) is 7.56. The lowest BCUT2D eigenvalue weighted by Gasteiger charge is -2.31. The van der Waals surface area contributed by atoms with E-state index in [1.54, 1.807) is 56.6 Å². The van der Waals surface area contributed by atoms with E-state index < -0.39 is 28.9 Å². The van der Waals surface area contributed by atoms with Crippen LogP contribution in [0.3, 0.4) is 0 Å². The van der Waals surface area contributed by atoms with Crippen LogP contribution in [-0.4, -0.2) is 52.4 Å². The molecule has 0 saturated carbocycles. The van der Waals surface area contributed by atoms with Gasteiger partial charge in [-0.15, -0.1) is 0 Å². The first-order valence-electron chi connectivity index (χ1n) is 12.2. The largest absolute Gasteiger partial charge is 0.459 e. The van der Waals surface area contributed by atoms with E-state index in [2.05, 4.69) is 15.6 Å². The van der Waals surface area contributed by atoms with Gasteiger partial charge in [-0.2, -0.15) is 0 Å². The highest BCUT2D eigenvalue weighted by molar-refractivity contribution is 6.11. The van der Waals surface area contributed by atoms with Crippen molar-refractivity contribution in [2.45, 2.75) is 44.9 Å². The average molecular weight is 520 g/mol. The second-order valence-corrected chi connectivity index (χ2v) is 9.36. The Balaban J connectivity index is 1.81. The number of esters is 1. The number of fused-ring (bicyclic) bond motifs is 1. The molecule has 1 fully saturated rings. The van der Waals surface area contributed by atoms with Crippen LogP contribution in [0.15, 0.2) is 53.3 Å². The normalized spacial score (nSPS) is 17.4. The molecule has 1 aliphatic heterocycles. The number of hydrogen-bond acceptors (Lipinski definition) is 7. The summed E-state index contributed by atoms with van der Waals surface area (Å²) in [7, 11) is 3.22. The lowest BCUT2D eigenvalue weighted by molar-refractivity contribution is -0.161. The van der Waals surface area contributed by atoms with Crippen LogP contribution >= 0.6 is 0 Å². The fourth-order valence-corrected chi connectivity index (χ4v) is 4.49. The van der Waals surface area contributed by atoms with Crippen molar-refractivity contribution in [1.29, 1.82) is 0 Å². The summed E-state index contributed by atoms with van der Waals surface area (Å²) in [5, 5.41) is 5.14. The molecule has 1 aliphatic rings. The molecule has 11 nitrogen and oxygen atoms in total. The van der Waals surface area contributed by atoms with Crippen LogP contribution in [0.1, 0.15) is 36.2 Å². The highest BCUT2D eigenvalue weighted by Gasteiger charge is 2.52. The molecule has 3 aromatic rings. The van der Waals surface area contributed by atoms with Crippen molar-refractivity contribution in [3.05, 3.63) is 75.8 Å². The first kappa shape index (κ1) is 26.5. The Labute approximate surface area is 218 Å². The van der Waals surface area contributed by atoms with Gasteiger partial charge in [-0.05, 0) is 43.0 Å². The summed E-state index contributed by atoms with van der Waals surface area (Å²) in [6.07, 6.45) is 0.0766. The highest BCUT2D eigenvalue weighted by atomic mass is 16.5. The van der Waals surface area contributed by atoms with Crippen LogP contribution in [0.5, 0.6) is 0 Å². The van der Waals surface area contributed by atoms with E-state index in [-0.39, 0.29) is 49.7 Å². The van der Waals surface area contributed by atoms with Gasteiger partial charge in [-0.3, -0.25) is 24.3 Å². The average Bonchev–Trinajstić information content (AvgIpc) is 3.04. The molecule has 38 heavy (non-hydrogen) atoms. The van der Waals surface area contributed by atoms with Gasteiger partial charge in [0, 0.05) is 27.1 Å². The monoisotopic (exact) mass is 519 g/mol. The van der Waals surface area contributed by atoms with Gasteiger partial charge in [0.1, 0.15) is 12.4 Å². The van der Waals surface area contributed by atoms with Crippen molar-refractivity contribution >= 4 is 34.7 Å². The number of aromatic nitrogens is 2. The molecule has 1 aromatic heterocycles. The van der Waals surface area contributed by atoms with Crippen LogP contribution in [0.25, 0.3) is 10.9 Å². The Hall–Kier alpha value is -4.54. The van der Waals surface area contributed by atoms with Crippen molar-refractivity contribution in [1.82, 2.24) is 25.1 Å². The number of amides is 4. The topological polar surface area (TPSA) is 140 Å².